The minimum atomic E-state index is 0.138. The molecule has 1 aromatic heterocycles. The van der Waals surface area contributed by atoms with Gasteiger partial charge in [0.05, 0.1) is 7.11 Å². The number of anilines is 1. The summed E-state index contributed by atoms with van der Waals surface area (Å²) in [5.41, 5.74) is 0. The molecule has 1 saturated heterocycles. The topological polar surface area (TPSA) is 67.3 Å². The average Bonchev–Trinajstić information content (AvgIpc) is 2.63. The smallest absolute Gasteiger partial charge is 0.233 e. The zero-order valence-electron chi connectivity index (χ0n) is 13.8. The summed E-state index contributed by atoms with van der Waals surface area (Å²) in [7, 11) is 1.58. The van der Waals surface area contributed by atoms with Crippen LogP contribution < -0.4 is 15.0 Å². The lowest BCUT2D eigenvalue weighted by Gasteiger charge is -2.33. The lowest BCUT2D eigenvalue weighted by molar-refractivity contribution is -0.126. The van der Waals surface area contributed by atoms with Crippen LogP contribution in [0.3, 0.4) is 0 Å². The molecule has 0 radical (unpaired) electrons. The fraction of sp³-hybridized carbons (Fsp3) is 0.706. The number of amides is 1. The van der Waals surface area contributed by atoms with Gasteiger partial charge in [-0.25, -0.2) is 0 Å². The highest BCUT2D eigenvalue weighted by atomic mass is 16.5. The molecule has 126 valence electrons. The van der Waals surface area contributed by atoms with E-state index in [0.717, 1.165) is 44.6 Å². The van der Waals surface area contributed by atoms with Crippen LogP contribution in [-0.4, -0.2) is 42.3 Å². The summed E-state index contributed by atoms with van der Waals surface area (Å²) in [6, 6.07) is 4.15. The van der Waals surface area contributed by atoms with Crippen LogP contribution in [0.15, 0.2) is 12.1 Å². The van der Waals surface area contributed by atoms with E-state index >= 15 is 0 Å². The number of ether oxygens (including phenoxy) is 1. The van der Waals surface area contributed by atoms with E-state index in [-0.39, 0.29) is 11.8 Å². The van der Waals surface area contributed by atoms with Gasteiger partial charge in [0.15, 0.2) is 5.82 Å². The van der Waals surface area contributed by atoms with Gasteiger partial charge in [-0.3, -0.25) is 4.79 Å². The fourth-order valence-corrected chi connectivity index (χ4v) is 3.53. The summed E-state index contributed by atoms with van der Waals surface area (Å²) < 4.78 is 5.03. The van der Waals surface area contributed by atoms with Gasteiger partial charge >= 0.3 is 0 Å². The molecule has 2 aliphatic rings. The number of nitrogens with zero attached hydrogens (tertiary/aromatic N) is 3. The number of carbonyl (C=O) groups excluding carboxylic acids is 1. The van der Waals surface area contributed by atoms with Crippen LogP contribution in [0.25, 0.3) is 0 Å². The third-order valence-electron chi connectivity index (χ3n) is 4.98. The number of nitrogens with one attached hydrogen (secondary N) is 1. The second-order valence-electron chi connectivity index (χ2n) is 6.54. The van der Waals surface area contributed by atoms with Crippen molar-refractivity contribution in [3.63, 3.8) is 0 Å². The molecule has 0 bridgehead atoms. The van der Waals surface area contributed by atoms with Gasteiger partial charge in [0, 0.05) is 31.1 Å². The number of hydrogen-bond donors (Lipinski definition) is 1. The van der Waals surface area contributed by atoms with Gasteiger partial charge in [0.25, 0.3) is 0 Å². The van der Waals surface area contributed by atoms with E-state index in [0.29, 0.717) is 11.9 Å². The van der Waals surface area contributed by atoms with Crippen molar-refractivity contribution >= 4 is 11.7 Å². The largest absolute Gasteiger partial charge is 0.480 e. The highest BCUT2D eigenvalue weighted by Gasteiger charge is 2.27. The number of aromatic nitrogens is 2. The van der Waals surface area contributed by atoms with Crippen molar-refractivity contribution in [3.05, 3.63) is 12.1 Å². The highest BCUT2D eigenvalue weighted by Crippen LogP contribution is 2.24. The summed E-state index contributed by atoms with van der Waals surface area (Å²) in [5.74, 6) is 1.77. The van der Waals surface area contributed by atoms with E-state index < -0.39 is 0 Å². The summed E-state index contributed by atoms with van der Waals surface area (Å²) in [4.78, 5) is 14.6. The molecule has 1 aliphatic heterocycles. The Labute approximate surface area is 137 Å². The molecular formula is C17H26N4O2. The quantitative estimate of drug-likeness (QED) is 0.921. The third-order valence-corrected chi connectivity index (χ3v) is 4.98. The zero-order chi connectivity index (χ0) is 16.1. The predicted octanol–water partition coefficient (Wildman–Crippen LogP) is 2.15. The Morgan fingerprint density at radius 1 is 1.13 bits per heavy atom. The molecular weight excluding hydrogens is 292 g/mol. The summed E-state index contributed by atoms with van der Waals surface area (Å²) in [5, 5.41) is 11.5. The van der Waals surface area contributed by atoms with E-state index in [1.54, 1.807) is 7.11 Å². The third kappa shape index (κ3) is 4.12. The fourth-order valence-electron chi connectivity index (χ4n) is 3.53. The molecule has 6 nitrogen and oxygen atoms in total. The van der Waals surface area contributed by atoms with Crippen molar-refractivity contribution in [3.8, 4) is 5.88 Å². The summed E-state index contributed by atoms with van der Waals surface area (Å²) >= 11 is 0. The van der Waals surface area contributed by atoms with Crippen LogP contribution in [0.1, 0.15) is 44.9 Å². The van der Waals surface area contributed by atoms with Crippen LogP contribution >= 0.6 is 0 Å². The van der Waals surface area contributed by atoms with Crippen molar-refractivity contribution < 1.29 is 9.53 Å². The van der Waals surface area contributed by atoms with Crippen LogP contribution in [0.5, 0.6) is 5.88 Å². The van der Waals surface area contributed by atoms with E-state index in [1.807, 2.05) is 12.1 Å². The monoisotopic (exact) mass is 318 g/mol. The lowest BCUT2D eigenvalue weighted by Crippen LogP contribution is -2.44. The number of carbonyl (C=O) groups is 1. The second kappa shape index (κ2) is 7.62. The van der Waals surface area contributed by atoms with Gasteiger partial charge < -0.3 is 15.0 Å². The Morgan fingerprint density at radius 2 is 1.87 bits per heavy atom. The normalized spacial score (nSPS) is 20.3. The van der Waals surface area contributed by atoms with Gasteiger partial charge in [-0.2, -0.15) is 0 Å². The van der Waals surface area contributed by atoms with Crippen molar-refractivity contribution in [2.24, 2.45) is 5.92 Å². The highest BCUT2D eigenvalue weighted by molar-refractivity contribution is 5.79. The molecule has 3 rings (SSSR count). The predicted molar refractivity (Wildman–Crippen MR) is 88.5 cm³/mol. The van der Waals surface area contributed by atoms with E-state index in [4.69, 9.17) is 4.74 Å². The van der Waals surface area contributed by atoms with Crippen molar-refractivity contribution in [2.75, 3.05) is 25.1 Å². The number of methoxy groups -OCH3 is 1. The molecule has 23 heavy (non-hydrogen) atoms. The van der Waals surface area contributed by atoms with Crippen LogP contribution in [0.2, 0.25) is 0 Å². The van der Waals surface area contributed by atoms with Gasteiger partial charge in [0.2, 0.25) is 11.8 Å². The molecule has 0 unspecified atom stereocenters. The van der Waals surface area contributed by atoms with Gasteiger partial charge in [0.1, 0.15) is 0 Å². The average molecular weight is 318 g/mol. The van der Waals surface area contributed by atoms with Crippen molar-refractivity contribution in [2.45, 2.75) is 51.0 Å². The molecule has 1 aliphatic carbocycles. The maximum absolute atomic E-state index is 12.4. The summed E-state index contributed by atoms with van der Waals surface area (Å²) in [6.45, 7) is 1.70. The lowest BCUT2D eigenvalue weighted by atomic mass is 9.92. The second-order valence-corrected chi connectivity index (χ2v) is 6.54. The first kappa shape index (κ1) is 16.0. The molecule has 2 heterocycles. The standard InChI is InChI=1S/C17H26N4O2/c1-23-16-8-7-15(19-20-16)21-11-9-13(10-12-21)17(22)18-14-5-3-2-4-6-14/h7-8,13-14H,2-6,9-12H2,1H3,(H,18,22). The molecule has 2 fully saturated rings. The SMILES string of the molecule is COc1ccc(N2CCC(C(=O)NC3CCCCC3)CC2)nn1. The van der Waals surface area contributed by atoms with Gasteiger partial charge in [-0.1, -0.05) is 19.3 Å². The van der Waals surface area contributed by atoms with Crippen LogP contribution in [0.4, 0.5) is 5.82 Å². The number of hydrogen-bond acceptors (Lipinski definition) is 5. The maximum Gasteiger partial charge on any atom is 0.233 e. The molecule has 1 N–H and O–H groups in total. The Hall–Kier alpha value is -1.85. The first-order valence-electron chi connectivity index (χ1n) is 8.69. The van der Waals surface area contributed by atoms with Crippen LogP contribution in [-0.2, 0) is 4.79 Å². The van der Waals surface area contributed by atoms with Crippen LogP contribution in [0, 0.1) is 5.92 Å². The minimum absolute atomic E-state index is 0.138. The van der Waals surface area contributed by atoms with Gasteiger partial charge in [-0.15, -0.1) is 10.2 Å². The van der Waals surface area contributed by atoms with Crippen molar-refractivity contribution in [1.82, 2.24) is 15.5 Å². The molecule has 0 aromatic carbocycles. The van der Waals surface area contributed by atoms with E-state index in [2.05, 4.69) is 20.4 Å². The van der Waals surface area contributed by atoms with Crippen molar-refractivity contribution in [1.29, 1.82) is 0 Å². The first-order chi connectivity index (χ1) is 11.3. The Bertz CT molecular complexity index is 506. The summed E-state index contributed by atoms with van der Waals surface area (Å²) in [6.07, 6.45) is 7.86. The first-order valence-corrected chi connectivity index (χ1v) is 8.69. The van der Waals surface area contributed by atoms with E-state index in [9.17, 15) is 4.79 Å². The van der Waals surface area contributed by atoms with Gasteiger partial charge in [-0.05, 0) is 31.7 Å². The van der Waals surface area contributed by atoms with E-state index in [1.165, 1.54) is 19.3 Å². The Kier molecular flexibility index (Phi) is 5.31. The minimum Gasteiger partial charge on any atom is -0.480 e. The zero-order valence-corrected chi connectivity index (χ0v) is 13.8. The number of piperidine rings is 1. The molecule has 0 atom stereocenters. The molecule has 0 spiro atoms. The maximum atomic E-state index is 12.4. The molecule has 1 saturated carbocycles. The molecule has 6 heteroatoms. The Morgan fingerprint density at radius 3 is 2.48 bits per heavy atom. The molecule has 1 amide bonds. The Balaban J connectivity index is 1.48. The number of rotatable bonds is 4. The molecule has 1 aromatic rings.